The van der Waals surface area contributed by atoms with Gasteiger partial charge in [-0.2, -0.15) is 0 Å². The molecule has 0 spiro atoms. The third-order valence-electron chi connectivity index (χ3n) is 3.38. The van der Waals surface area contributed by atoms with Crippen LogP contribution in [0.25, 0.3) is 0 Å². The molecule has 0 aromatic rings. The Balaban J connectivity index is 4.21. The first-order valence-corrected chi connectivity index (χ1v) is 9.67. The zero-order valence-electron chi connectivity index (χ0n) is 13.2. The highest BCUT2D eigenvalue weighted by molar-refractivity contribution is 7.89. The van der Waals surface area contributed by atoms with Crippen LogP contribution < -0.4 is 0 Å². The highest BCUT2D eigenvalue weighted by Crippen LogP contribution is 2.10. The summed E-state index contributed by atoms with van der Waals surface area (Å²) in [4.78, 5) is 0. The molecule has 0 aromatic carbocycles. The van der Waals surface area contributed by atoms with E-state index in [2.05, 4.69) is 13.8 Å². The molecule has 0 aliphatic heterocycles. The van der Waals surface area contributed by atoms with Crippen molar-refractivity contribution in [2.45, 2.75) is 78.6 Å². The van der Waals surface area contributed by atoms with E-state index in [1.54, 1.807) is 4.31 Å². The average molecular weight is 292 g/mol. The second-order valence-electron chi connectivity index (χ2n) is 5.34. The molecule has 0 amide bonds. The summed E-state index contributed by atoms with van der Waals surface area (Å²) < 4.78 is 26.1. The summed E-state index contributed by atoms with van der Waals surface area (Å²) in [5.41, 5.74) is 0. The van der Waals surface area contributed by atoms with Crippen LogP contribution >= 0.6 is 0 Å². The lowest BCUT2D eigenvalue weighted by molar-refractivity contribution is 0.385. The molecule has 0 aromatic heterocycles. The Morgan fingerprint density at radius 3 is 1.53 bits per heavy atom. The van der Waals surface area contributed by atoms with E-state index in [-0.39, 0.29) is 0 Å². The van der Waals surface area contributed by atoms with Crippen molar-refractivity contribution in [3.05, 3.63) is 0 Å². The van der Waals surface area contributed by atoms with Crippen LogP contribution in [0.3, 0.4) is 0 Å². The van der Waals surface area contributed by atoms with Gasteiger partial charge in [-0.1, -0.05) is 59.3 Å². The summed E-state index contributed by atoms with van der Waals surface area (Å²) in [7, 11) is -3.01. The fourth-order valence-electron chi connectivity index (χ4n) is 2.21. The van der Waals surface area contributed by atoms with Gasteiger partial charge in [0.25, 0.3) is 0 Å². The molecule has 0 saturated heterocycles. The van der Waals surface area contributed by atoms with Crippen LogP contribution in [0.4, 0.5) is 0 Å². The topological polar surface area (TPSA) is 37.4 Å². The highest BCUT2D eigenvalue weighted by Gasteiger charge is 2.19. The van der Waals surface area contributed by atoms with Gasteiger partial charge in [-0.15, -0.1) is 0 Å². The molecular weight excluding hydrogens is 258 g/mol. The van der Waals surface area contributed by atoms with E-state index in [0.717, 1.165) is 25.7 Å². The Hall–Kier alpha value is -0.0900. The Morgan fingerprint density at radius 2 is 1.16 bits per heavy atom. The minimum absolute atomic E-state index is 0.300. The van der Waals surface area contributed by atoms with Gasteiger partial charge in [0.2, 0.25) is 10.0 Å². The van der Waals surface area contributed by atoms with Crippen LogP contribution in [0.2, 0.25) is 0 Å². The van der Waals surface area contributed by atoms with E-state index in [4.69, 9.17) is 0 Å². The van der Waals surface area contributed by atoms with E-state index in [0.29, 0.717) is 25.3 Å². The third-order valence-corrected chi connectivity index (χ3v) is 5.45. The third kappa shape index (κ3) is 9.44. The maximum atomic E-state index is 12.2. The zero-order chi connectivity index (χ0) is 14.6. The number of hydrogen-bond acceptors (Lipinski definition) is 2. The van der Waals surface area contributed by atoms with Gasteiger partial charge in [0, 0.05) is 13.1 Å². The lowest BCUT2D eigenvalue weighted by atomic mass is 10.2. The Kier molecular flexibility index (Phi) is 11.7. The van der Waals surface area contributed by atoms with Gasteiger partial charge in [-0.05, 0) is 19.3 Å². The van der Waals surface area contributed by atoms with Crippen molar-refractivity contribution in [2.24, 2.45) is 0 Å². The van der Waals surface area contributed by atoms with Gasteiger partial charge in [-0.25, -0.2) is 12.7 Å². The summed E-state index contributed by atoms with van der Waals surface area (Å²) >= 11 is 0. The molecule has 116 valence electrons. The molecule has 0 fully saturated rings. The maximum Gasteiger partial charge on any atom is 0.214 e. The highest BCUT2D eigenvalue weighted by atomic mass is 32.2. The van der Waals surface area contributed by atoms with Gasteiger partial charge in [0.1, 0.15) is 0 Å². The van der Waals surface area contributed by atoms with Gasteiger partial charge in [0.15, 0.2) is 0 Å². The molecule has 0 unspecified atom stereocenters. The standard InChI is InChI=1S/C15H33NO2S/c1-4-7-9-11-13-16(14-12-10-8-5-2)19(17,18)15-6-3/h4-15H2,1-3H3. The first kappa shape index (κ1) is 18.9. The van der Waals surface area contributed by atoms with Crippen molar-refractivity contribution >= 4 is 10.0 Å². The summed E-state index contributed by atoms with van der Waals surface area (Å²) in [6.07, 6.45) is 9.80. The first-order valence-electron chi connectivity index (χ1n) is 8.06. The van der Waals surface area contributed by atoms with Crippen LogP contribution in [-0.2, 0) is 10.0 Å². The van der Waals surface area contributed by atoms with E-state index in [9.17, 15) is 8.42 Å². The molecule has 0 saturated carbocycles. The summed E-state index contributed by atoms with van der Waals surface area (Å²) in [5.74, 6) is 0.300. The molecule has 0 aliphatic rings. The molecule has 0 bridgehead atoms. The predicted molar refractivity (Wildman–Crippen MR) is 83.9 cm³/mol. The van der Waals surface area contributed by atoms with Crippen molar-refractivity contribution in [1.82, 2.24) is 4.31 Å². The minimum Gasteiger partial charge on any atom is -0.212 e. The SMILES string of the molecule is CCCCCCN(CCCCCC)S(=O)(=O)CCC. The summed E-state index contributed by atoms with van der Waals surface area (Å²) in [6, 6.07) is 0. The van der Waals surface area contributed by atoms with Gasteiger partial charge >= 0.3 is 0 Å². The maximum absolute atomic E-state index is 12.2. The number of rotatable bonds is 13. The Bertz CT molecular complexity index is 277. The monoisotopic (exact) mass is 291 g/mol. The quantitative estimate of drug-likeness (QED) is 0.477. The lowest BCUT2D eigenvalue weighted by Crippen LogP contribution is -2.34. The minimum atomic E-state index is -3.01. The van der Waals surface area contributed by atoms with Crippen LogP contribution in [0.1, 0.15) is 78.6 Å². The molecular formula is C15H33NO2S. The van der Waals surface area contributed by atoms with Crippen molar-refractivity contribution in [3.63, 3.8) is 0 Å². The Morgan fingerprint density at radius 1 is 0.684 bits per heavy atom. The van der Waals surface area contributed by atoms with Gasteiger partial charge in [0.05, 0.1) is 5.75 Å². The second-order valence-corrected chi connectivity index (χ2v) is 7.42. The number of unbranched alkanes of at least 4 members (excludes halogenated alkanes) is 6. The number of sulfonamides is 1. The van der Waals surface area contributed by atoms with E-state index in [1.165, 1.54) is 25.7 Å². The molecule has 3 nitrogen and oxygen atoms in total. The van der Waals surface area contributed by atoms with Crippen LogP contribution in [0, 0.1) is 0 Å². The Labute approximate surface area is 120 Å². The number of hydrogen-bond donors (Lipinski definition) is 0. The van der Waals surface area contributed by atoms with Crippen LogP contribution in [0.5, 0.6) is 0 Å². The molecule has 0 radical (unpaired) electrons. The molecule has 0 atom stereocenters. The molecule has 0 aliphatic carbocycles. The van der Waals surface area contributed by atoms with Crippen LogP contribution in [0.15, 0.2) is 0 Å². The zero-order valence-corrected chi connectivity index (χ0v) is 14.0. The van der Waals surface area contributed by atoms with Crippen LogP contribution in [-0.4, -0.2) is 31.6 Å². The smallest absolute Gasteiger partial charge is 0.212 e. The van der Waals surface area contributed by atoms with E-state index >= 15 is 0 Å². The molecule has 0 heterocycles. The van der Waals surface area contributed by atoms with E-state index < -0.39 is 10.0 Å². The molecule has 0 N–H and O–H groups in total. The van der Waals surface area contributed by atoms with Crippen molar-refractivity contribution < 1.29 is 8.42 Å². The fourth-order valence-corrected chi connectivity index (χ4v) is 3.80. The largest absolute Gasteiger partial charge is 0.214 e. The van der Waals surface area contributed by atoms with Crippen molar-refractivity contribution in [2.75, 3.05) is 18.8 Å². The first-order chi connectivity index (χ1) is 9.08. The van der Waals surface area contributed by atoms with E-state index in [1.807, 2.05) is 6.92 Å². The number of nitrogens with zero attached hydrogens (tertiary/aromatic N) is 1. The van der Waals surface area contributed by atoms with Crippen molar-refractivity contribution in [3.8, 4) is 0 Å². The predicted octanol–water partition coefficient (Wildman–Crippen LogP) is 4.19. The summed E-state index contributed by atoms with van der Waals surface area (Å²) in [6.45, 7) is 7.72. The van der Waals surface area contributed by atoms with Crippen molar-refractivity contribution in [1.29, 1.82) is 0 Å². The fraction of sp³-hybridized carbons (Fsp3) is 1.00. The summed E-state index contributed by atoms with van der Waals surface area (Å²) in [5, 5.41) is 0. The molecule has 0 rings (SSSR count). The molecule has 19 heavy (non-hydrogen) atoms. The van der Waals surface area contributed by atoms with Gasteiger partial charge in [-0.3, -0.25) is 0 Å². The second kappa shape index (κ2) is 11.7. The lowest BCUT2D eigenvalue weighted by Gasteiger charge is -2.22. The average Bonchev–Trinajstić information content (AvgIpc) is 2.36. The molecule has 4 heteroatoms. The normalized spacial score (nSPS) is 12.2. The van der Waals surface area contributed by atoms with Gasteiger partial charge < -0.3 is 0 Å².